The zero-order chi connectivity index (χ0) is 19.2. The van der Waals surface area contributed by atoms with Crippen LogP contribution in [0.2, 0.25) is 5.02 Å². The van der Waals surface area contributed by atoms with Crippen LogP contribution in [0.3, 0.4) is 0 Å². The Hall–Kier alpha value is -2.33. The highest BCUT2D eigenvalue weighted by Crippen LogP contribution is 2.22. The zero-order valence-electron chi connectivity index (χ0n) is 15.4. The van der Waals surface area contributed by atoms with Crippen LogP contribution in [0.5, 0.6) is 0 Å². The summed E-state index contributed by atoms with van der Waals surface area (Å²) >= 11 is 5.93. The first kappa shape index (κ1) is 20.0. The molecule has 0 aliphatic heterocycles. The largest absolute Gasteiger partial charge is 0.354 e. The molecule has 0 saturated heterocycles. The maximum absolute atomic E-state index is 12.1. The second-order valence-corrected chi connectivity index (χ2v) is 7.68. The molecule has 2 aromatic carbocycles. The highest BCUT2D eigenvalue weighted by Gasteiger charge is 2.14. The van der Waals surface area contributed by atoms with Crippen LogP contribution < -0.4 is 10.6 Å². The van der Waals surface area contributed by atoms with Gasteiger partial charge in [-0.1, -0.05) is 56.6 Å². The summed E-state index contributed by atoms with van der Waals surface area (Å²) in [7, 11) is 0. The smallest absolute Gasteiger partial charge is 0.251 e. The fourth-order valence-corrected chi connectivity index (χ4v) is 2.70. The lowest BCUT2D eigenvalue weighted by Crippen LogP contribution is -2.37. The number of amides is 2. The second-order valence-electron chi connectivity index (χ2n) is 7.24. The van der Waals surface area contributed by atoms with Crippen molar-refractivity contribution in [2.75, 3.05) is 13.1 Å². The van der Waals surface area contributed by atoms with E-state index in [1.807, 2.05) is 36.4 Å². The molecule has 0 fully saturated rings. The second kappa shape index (κ2) is 8.86. The minimum absolute atomic E-state index is 0.0396. The molecule has 0 spiro atoms. The molecule has 0 aliphatic rings. The number of carbonyl (C=O) groups is 2. The Bertz CT molecular complexity index is 764. The van der Waals surface area contributed by atoms with Gasteiger partial charge in [-0.15, -0.1) is 0 Å². The lowest BCUT2D eigenvalue weighted by atomic mass is 9.87. The van der Waals surface area contributed by atoms with Gasteiger partial charge < -0.3 is 10.6 Å². The van der Waals surface area contributed by atoms with Crippen molar-refractivity contribution in [3.05, 3.63) is 70.2 Å². The van der Waals surface area contributed by atoms with Crippen LogP contribution in [0.1, 0.15) is 42.3 Å². The fraction of sp³-hybridized carbons (Fsp3) is 0.333. The summed E-state index contributed by atoms with van der Waals surface area (Å²) in [6.45, 7) is 6.81. The van der Waals surface area contributed by atoms with Crippen LogP contribution in [-0.2, 0) is 16.6 Å². The van der Waals surface area contributed by atoms with Crippen molar-refractivity contribution in [1.82, 2.24) is 10.6 Å². The summed E-state index contributed by atoms with van der Waals surface area (Å²) in [6.07, 6.45) is 0.689. The predicted molar refractivity (Wildman–Crippen MR) is 106 cm³/mol. The average molecular weight is 373 g/mol. The molecule has 4 nitrogen and oxygen atoms in total. The molecular formula is C21H25ClN2O2. The minimum Gasteiger partial charge on any atom is -0.354 e. The van der Waals surface area contributed by atoms with Gasteiger partial charge in [0.15, 0.2) is 0 Å². The Balaban J connectivity index is 1.75. The first-order valence-electron chi connectivity index (χ1n) is 8.65. The van der Waals surface area contributed by atoms with Gasteiger partial charge in [-0.25, -0.2) is 0 Å². The summed E-state index contributed by atoms with van der Waals surface area (Å²) in [4.78, 5) is 24.0. The van der Waals surface area contributed by atoms with Gasteiger partial charge >= 0.3 is 0 Å². The van der Waals surface area contributed by atoms with Crippen LogP contribution in [0.4, 0.5) is 0 Å². The van der Waals surface area contributed by atoms with Crippen LogP contribution in [0.15, 0.2) is 48.5 Å². The summed E-state index contributed by atoms with van der Waals surface area (Å²) in [6, 6.07) is 15.0. The quantitative estimate of drug-likeness (QED) is 0.811. The van der Waals surface area contributed by atoms with Gasteiger partial charge in [0.25, 0.3) is 5.91 Å². The van der Waals surface area contributed by atoms with Crippen molar-refractivity contribution >= 4 is 23.4 Å². The molecular weight excluding hydrogens is 348 g/mol. The van der Waals surface area contributed by atoms with Crippen molar-refractivity contribution < 1.29 is 9.59 Å². The number of carbonyl (C=O) groups excluding carboxylic acids is 2. The van der Waals surface area contributed by atoms with Gasteiger partial charge in [0, 0.05) is 17.1 Å². The third kappa shape index (κ3) is 6.19. The van der Waals surface area contributed by atoms with E-state index in [0.717, 1.165) is 11.1 Å². The summed E-state index contributed by atoms with van der Waals surface area (Å²) in [5.74, 6) is -0.470. The van der Waals surface area contributed by atoms with E-state index in [0.29, 0.717) is 23.6 Å². The number of hydrogen-bond acceptors (Lipinski definition) is 2. The Labute approximate surface area is 159 Å². The number of rotatable bonds is 6. The van der Waals surface area contributed by atoms with E-state index in [9.17, 15) is 9.59 Å². The molecule has 0 unspecified atom stereocenters. The first-order valence-corrected chi connectivity index (χ1v) is 9.03. The van der Waals surface area contributed by atoms with Gasteiger partial charge in [-0.3, -0.25) is 9.59 Å². The molecule has 5 heteroatoms. The maximum Gasteiger partial charge on any atom is 0.251 e. The van der Waals surface area contributed by atoms with Crippen molar-refractivity contribution in [1.29, 1.82) is 0 Å². The number of nitrogens with one attached hydrogen (secondary N) is 2. The summed E-state index contributed by atoms with van der Waals surface area (Å²) in [5.41, 5.74) is 2.80. The highest BCUT2D eigenvalue weighted by atomic mass is 35.5. The molecule has 0 saturated carbocycles. The lowest BCUT2D eigenvalue weighted by Gasteiger charge is -2.19. The third-order valence-corrected chi connectivity index (χ3v) is 4.28. The van der Waals surface area contributed by atoms with Gasteiger partial charge in [0.1, 0.15) is 0 Å². The Kier molecular flexibility index (Phi) is 6.81. The van der Waals surface area contributed by atoms with Crippen molar-refractivity contribution in [2.45, 2.75) is 32.6 Å². The van der Waals surface area contributed by atoms with E-state index in [-0.39, 0.29) is 23.8 Å². The molecule has 0 radical (unpaired) electrons. The Morgan fingerprint density at radius 1 is 1.00 bits per heavy atom. The van der Waals surface area contributed by atoms with Crippen molar-refractivity contribution in [3.63, 3.8) is 0 Å². The topological polar surface area (TPSA) is 58.2 Å². The van der Waals surface area contributed by atoms with Crippen LogP contribution in [0.25, 0.3) is 0 Å². The van der Waals surface area contributed by atoms with E-state index < -0.39 is 0 Å². The third-order valence-electron chi connectivity index (χ3n) is 4.05. The molecule has 2 amide bonds. The monoisotopic (exact) mass is 372 g/mol. The van der Waals surface area contributed by atoms with E-state index >= 15 is 0 Å². The fourth-order valence-electron chi connectivity index (χ4n) is 2.49. The molecule has 0 bridgehead atoms. The molecule has 2 rings (SSSR count). The van der Waals surface area contributed by atoms with Gasteiger partial charge in [0.2, 0.25) is 5.91 Å². The SMILES string of the molecule is CC(C)(C)c1ccc(C(=O)NCC(=O)NCCc2cccc(Cl)c2)cc1. The zero-order valence-corrected chi connectivity index (χ0v) is 16.2. The average Bonchev–Trinajstić information content (AvgIpc) is 2.59. The van der Waals surface area contributed by atoms with Crippen LogP contribution in [-0.4, -0.2) is 24.9 Å². The summed E-state index contributed by atoms with van der Waals surface area (Å²) in [5, 5.41) is 6.11. The molecule has 0 aliphatic carbocycles. The minimum atomic E-state index is -0.254. The van der Waals surface area contributed by atoms with E-state index in [4.69, 9.17) is 11.6 Å². The number of hydrogen-bond donors (Lipinski definition) is 2. The molecule has 0 atom stereocenters. The first-order chi connectivity index (χ1) is 12.3. The molecule has 138 valence electrons. The van der Waals surface area contributed by atoms with E-state index in [1.54, 1.807) is 12.1 Å². The van der Waals surface area contributed by atoms with Gasteiger partial charge in [-0.2, -0.15) is 0 Å². The Morgan fingerprint density at radius 2 is 1.69 bits per heavy atom. The predicted octanol–water partition coefficient (Wildman–Crippen LogP) is 3.73. The van der Waals surface area contributed by atoms with E-state index in [2.05, 4.69) is 31.4 Å². The van der Waals surface area contributed by atoms with Crippen molar-refractivity contribution in [2.24, 2.45) is 0 Å². The Morgan fingerprint density at radius 3 is 2.31 bits per heavy atom. The molecule has 0 aromatic heterocycles. The highest BCUT2D eigenvalue weighted by molar-refractivity contribution is 6.30. The standard InChI is InChI=1S/C21H25ClN2O2/c1-21(2,3)17-9-7-16(8-10-17)20(26)24-14-19(25)23-12-11-15-5-4-6-18(22)13-15/h4-10,13H,11-12,14H2,1-3H3,(H,23,25)(H,24,26). The van der Waals surface area contributed by atoms with E-state index in [1.165, 1.54) is 0 Å². The van der Waals surface area contributed by atoms with Crippen LogP contribution in [0, 0.1) is 0 Å². The summed E-state index contributed by atoms with van der Waals surface area (Å²) < 4.78 is 0. The molecule has 2 N–H and O–H groups in total. The lowest BCUT2D eigenvalue weighted by molar-refractivity contribution is -0.120. The van der Waals surface area contributed by atoms with Gasteiger partial charge in [0.05, 0.1) is 6.54 Å². The normalized spacial score (nSPS) is 11.1. The van der Waals surface area contributed by atoms with Gasteiger partial charge in [-0.05, 0) is 47.2 Å². The number of benzene rings is 2. The molecule has 2 aromatic rings. The maximum atomic E-state index is 12.1. The molecule has 0 heterocycles. The van der Waals surface area contributed by atoms with Crippen molar-refractivity contribution in [3.8, 4) is 0 Å². The molecule has 26 heavy (non-hydrogen) atoms. The van der Waals surface area contributed by atoms with Crippen LogP contribution >= 0.6 is 11.6 Å². The number of halogens is 1.